The summed E-state index contributed by atoms with van der Waals surface area (Å²) in [5.74, 6) is 0. The molecule has 0 bridgehead atoms. The number of aliphatic hydroxyl groups excluding tert-OH is 2. The summed E-state index contributed by atoms with van der Waals surface area (Å²) in [7, 11) is -10.1. The molecule has 2 rings (SSSR count). The third kappa shape index (κ3) is 5.89. The highest BCUT2D eigenvalue weighted by atomic mass is 31.3. The van der Waals surface area contributed by atoms with Gasteiger partial charge in [-0.05, 0) is 0 Å². The molecule has 5 atom stereocenters. The minimum absolute atomic E-state index is 0.170. The molecular formula is C11H19N3O12P2. The van der Waals surface area contributed by atoms with E-state index in [0.717, 1.165) is 16.8 Å². The Balaban J connectivity index is 2.12. The van der Waals surface area contributed by atoms with Gasteiger partial charge < -0.3 is 30.5 Å². The standard InChI is InChI=1S/C11H19N3O12P2/c12-2-4-23-28(22,26-27(19,20)21)24-5-6-8(16)9(17)10(25-6)14-3-1-7(15)13-11(14)18/h1,3,6,8-10,16-17H,2,4-5,12H2,(H,13,15,18)(H2,19,20,21)/t6-,8+,9+,10+,28?/m0/s1. The fraction of sp³-hybridized carbons (Fsp3) is 0.636. The second kappa shape index (κ2) is 9.07. The number of nitrogens with one attached hydrogen (secondary N) is 1. The molecule has 1 aliphatic heterocycles. The zero-order valence-corrected chi connectivity index (χ0v) is 15.8. The Labute approximate surface area is 156 Å². The summed E-state index contributed by atoms with van der Waals surface area (Å²) in [6, 6.07) is 0.983. The number of nitrogens with two attached hydrogens (primary N) is 1. The van der Waals surface area contributed by atoms with Crippen LogP contribution in [0.5, 0.6) is 0 Å². The van der Waals surface area contributed by atoms with Gasteiger partial charge in [0.2, 0.25) is 0 Å². The van der Waals surface area contributed by atoms with Crippen molar-refractivity contribution in [3.63, 3.8) is 0 Å². The van der Waals surface area contributed by atoms with Crippen molar-refractivity contribution in [2.24, 2.45) is 5.73 Å². The Morgan fingerprint density at radius 3 is 2.46 bits per heavy atom. The average molecular weight is 447 g/mol. The van der Waals surface area contributed by atoms with Crippen LogP contribution < -0.4 is 17.0 Å². The number of H-pyrrole nitrogens is 1. The van der Waals surface area contributed by atoms with Gasteiger partial charge in [-0.25, -0.2) is 13.9 Å². The fourth-order valence-electron chi connectivity index (χ4n) is 2.27. The predicted octanol–water partition coefficient (Wildman–Crippen LogP) is -2.63. The first kappa shape index (κ1) is 23.1. The number of nitrogens with zero attached hydrogens (tertiary/aromatic N) is 1. The first-order chi connectivity index (χ1) is 13.0. The third-order valence-corrected chi connectivity index (χ3v) is 6.05. The van der Waals surface area contributed by atoms with Gasteiger partial charge in [-0.1, -0.05) is 0 Å². The molecule has 1 unspecified atom stereocenters. The van der Waals surface area contributed by atoms with Crippen LogP contribution in [0.15, 0.2) is 21.9 Å². The van der Waals surface area contributed by atoms with Crippen LogP contribution in [0.2, 0.25) is 0 Å². The smallest absolute Gasteiger partial charge is 0.387 e. The molecule has 1 saturated heterocycles. The van der Waals surface area contributed by atoms with Gasteiger partial charge in [-0.3, -0.25) is 23.4 Å². The van der Waals surface area contributed by atoms with E-state index in [0.29, 0.717) is 0 Å². The second-order valence-corrected chi connectivity index (χ2v) is 8.55. The quantitative estimate of drug-likeness (QED) is 0.213. The first-order valence-corrected chi connectivity index (χ1v) is 10.6. The van der Waals surface area contributed by atoms with Crippen LogP contribution in [0.25, 0.3) is 0 Å². The zero-order chi connectivity index (χ0) is 21.1. The molecule has 0 radical (unpaired) electrons. The number of aromatic nitrogens is 2. The molecule has 0 aromatic carbocycles. The maximum absolute atomic E-state index is 12.3. The normalized spacial score (nSPS) is 27.6. The Kier molecular flexibility index (Phi) is 7.47. The molecule has 0 amide bonds. The van der Waals surface area contributed by atoms with E-state index >= 15 is 0 Å². The van der Waals surface area contributed by atoms with E-state index in [2.05, 4.69) is 8.83 Å². The first-order valence-electron chi connectivity index (χ1n) is 7.65. The van der Waals surface area contributed by atoms with Crippen LogP contribution in [0.4, 0.5) is 0 Å². The molecule has 28 heavy (non-hydrogen) atoms. The molecule has 15 nitrogen and oxygen atoms in total. The second-order valence-electron chi connectivity index (χ2n) is 5.50. The van der Waals surface area contributed by atoms with Gasteiger partial charge in [-0.15, -0.1) is 0 Å². The van der Waals surface area contributed by atoms with E-state index in [-0.39, 0.29) is 6.54 Å². The SMILES string of the molecule is NCCOP(=O)(OC[C@@H]1O[C@@H](n2ccc(=O)[nH]c2=O)[C@H](O)[C@@H]1O)OP(=O)(O)O. The number of aliphatic hydroxyl groups is 2. The lowest BCUT2D eigenvalue weighted by Gasteiger charge is -2.20. The minimum atomic E-state index is -5.27. The average Bonchev–Trinajstić information content (AvgIpc) is 2.85. The van der Waals surface area contributed by atoms with E-state index in [1.54, 1.807) is 0 Å². The summed E-state index contributed by atoms with van der Waals surface area (Å²) in [6.07, 6.45) is -5.10. The molecule has 0 spiro atoms. The van der Waals surface area contributed by atoms with Crippen molar-refractivity contribution in [1.82, 2.24) is 9.55 Å². The van der Waals surface area contributed by atoms with Crippen LogP contribution in [0.1, 0.15) is 6.23 Å². The molecule has 1 aromatic heterocycles. The summed E-state index contributed by atoms with van der Waals surface area (Å²) in [5, 5.41) is 20.1. The van der Waals surface area contributed by atoms with E-state index in [1.807, 2.05) is 4.98 Å². The van der Waals surface area contributed by atoms with Crippen molar-refractivity contribution in [3.8, 4) is 0 Å². The van der Waals surface area contributed by atoms with Gasteiger partial charge >= 0.3 is 21.3 Å². The number of hydrogen-bond acceptors (Lipinski definition) is 11. The number of rotatable bonds is 9. The highest BCUT2D eigenvalue weighted by molar-refractivity contribution is 7.61. The number of phosphoric acid groups is 2. The van der Waals surface area contributed by atoms with Crippen molar-refractivity contribution >= 4 is 15.6 Å². The fourth-order valence-corrected chi connectivity index (χ4v) is 4.42. The molecule has 7 N–H and O–H groups in total. The highest BCUT2D eigenvalue weighted by Crippen LogP contribution is 2.61. The Morgan fingerprint density at radius 1 is 1.21 bits per heavy atom. The maximum Gasteiger partial charge on any atom is 0.483 e. The number of ether oxygens (including phenoxy) is 1. The lowest BCUT2D eigenvalue weighted by Crippen LogP contribution is -2.37. The maximum atomic E-state index is 12.3. The summed E-state index contributed by atoms with van der Waals surface area (Å²) in [5.41, 5.74) is 3.54. The van der Waals surface area contributed by atoms with Gasteiger partial charge in [0.25, 0.3) is 5.56 Å². The van der Waals surface area contributed by atoms with Crippen LogP contribution in [-0.4, -0.2) is 67.6 Å². The molecule has 0 aliphatic carbocycles. The van der Waals surface area contributed by atoms with Crippen LogP contribution >= 0.6 is 15.6 Å². The van der Waals surface area contributed by atoms with Crippen LogP contribution in [-0.2, 0) is 27.2 Å². The summed E-state index contributed by atoms with van der Waals surface area (Å²) in [6.45, 7) is -1.39. The summed E-state index contributed by atoms with van der Waals surface area (Å²) >= 11 is 0. The van der Waals surface area contributed by atoms with E-state index in [9.17, 15) is 28.9 Å². The molecule has 1 aromatic rings. The molecule has 1 aliphatic rings. The van der Waals surface area contributed by atoms with Crippen LogP contribution in [0, 0.1) is 0 Å². The summed E-state index contributed by atoms with van der Waals surface area (Å²) < 4.78 is 42.7. The number of aromatic amines is 1. The van der Waals surface area contributed by atoms with Gasteiger partial charge in [0, 0.05) is 18.8 Å². The molecule has 1 fully saturated rings. The highest BCUT2D eigenvalue weighted by Gasteiger charge is 2.46. The van der Waals surface area contributed by atoms with Crippen molar-refractivity contribution in [2.75, 3.05) is 19.8 Å². The molecular weight excluding hydrogens is 428 g/mol. The lowest BCUT2D eigenvalue weighted by molar-refractivity contribution is -0.0551. The van der Waals surface area contributed by atoms with Crippen molar-refractivity contribution in [3.05, 3.63) is 33.1 Å². The number of phosphoric ester groups is 1. The zero-order valence-electron chi connectivity index (χ0n) is 14.1. The number of hydrogen-bond donors (Lipinski definition) is 6. The topological polar surface area (TPSA) is 233 Å². The van der Waals surface area contributed by atoms with E-state index in [1.165, 1.54) is 0 Å². The third-order valence-electron chi connectivity index (χ3n) is 3.43. The molecule has 17 heteroatoms. The van der Waals surface area contributed by atoms with Gasteiger partial charge in [0.05, 0.1) is 13.2 Å². The summed E-state index contributed by atoms with van der Waals surface area (Å²) in [4.78, 5) is 42.5. The van der Waals surface area contributed by atoms with Crippen LogP contribution in [0.3, 0.4) is 0 Å². The van der Waals surface area contributed by atoms with Gasteiger partial charge in [-0.2, -0.15) is 4.31 Å². The van der Waals surface area contributed by atoms with E-state index < -0.39 is 64.6 Å². The van der Waals surface area contributed by atoms with E-state index in [4.69, 9.17) is 24.8 Å². The van der Waals surface area contributed by atoms with Crippen molar-refractivity contribution < 1.29 is 47.2 Å². The van der Waals surface area contributed by atoms with Crippen molar-refractivity contribution in [1.29, 1.82) is 0 Å². The Hall–Kier alpha value is -1.22. The van der Waals surface area contributed by atoms with Gasteiger partial charge in [0.15, 0.2) is 6.23 Å². The van der Waals surface area contributed by atoms with Crippen molar-refractivity contribution in [2.45, 2.75) is 24.5 Å². The largest absolute Gasteiger partial charge is 0.483 e. The molecule has 160 valence electrons. The molecule has 0 saturated carbocycles. The Bertz CT molecular complexity index is 880. The lowest BCUT2D eigenvalue weighted by atomic mass is 10.1. The van der Waals surface area contributed by atoms with Gasteiger partial charge in [0.1, 0.15) is 18.3 Å². The minimum Gasteiger partial charge on any atom is -0.387 e. The predicted molar refractivity (Wildman–Crippen MR) is 88.9 cm³/mol. The molecule has 2 heterocycles. The monoisotopic (exact) mass is 447 g/mol. The Morgan fingerprint density at radius 2 is 1.89 bits per heavy atom.